The normalized spacial score (nSPS) is 13.3. The van der Waals surface area contributed by atoms with Gasteiger partial charge in [0.15, 0.2) is 6.54 Å². The number of quaternary nitrogens is 1. The quantitative estimate of drug-likeness (QED) is 0.746. The first-order chi connectivity index (χ1) is 9.92. The van der Waals surface area contributed by atoms with Gasteiger partial charge >= 0.3 is 6.03 Å². The molecule has 0 spiro atoms. The lowest BCUT2D eigenvalue weighted by atomic mass is 10.1. The maximum absolute atomic E-state index is 11.7. The molecule has 0 aliphatic rings. The largest absolute Gasteiger partial charge is 0.335 e. The van der Waals surface area contributed by atoms with E-state index in [1.165, 1.54) is 0 Å². The third-order valence-corrected chi connectivity index (χ3v) is 3.51. The number of hydrogen-bond donors (Lipinski definition) is 3. The van der Waals surface area contributed by atoms with Gasteiger partial charge in [0.2, 0.25) is 0 Å². The minimum Gasteiger partial charge on any atom is -0.335 e. The summed E-state index contributed by atoms with van der Waals surface area (Å²) in [5.74, 6) is -0.315. The summed E-state index contributed by atoms with van der Waals surface area (Å²) < 4.78 is 0. The van der Waals surface area contributed by atoms with Crippen LogP contribution in [0.25, 0.3) is 0 Å². The van der Waals surface area contributed by atoms with Gasteiger partial charge in [-0.1, -0.05) is 30.7 Å². The number of benzene rings is 1. The van der Waals surface area contributed by atoms with E-state index in [4.69, 9.17) is 11.6 Å². The van der Waals surface area contributed by atoms with Gasteiger partial charge in [0, 0.05) is 16.6 Å². The molecule has 0 saturated heterocycles. The number of rotatable bonds is 6. The van der Waals surface area contributed by atoms with Crippen LogP contribution in [-0.2, 0) is 4.79 Å². The van der Waals surface area contributed by atoms with Crippen molar-refractivity contribution in [3.8, 4) is 0 Å². The molecular formula is C15H23ClN3O2+. The van der Waals surface area contributed by atoms with Crippen LogP contribution in [0.2, 0.25) is 5.02 Å². The van der Waals surface area contributed by atoms with Crippen molar-refractivity contribution >= 4 is 23.5 Å². The lowest BCUT2D eigenvalue weighted by Crippen LogP contribution is -2.87. The van der Waals surface area contributed by atoms with Crippen LogP contribution in [0.5, 0.6) is 0 Å². The number of nitrogens with one attached hydrogen (secondary N) is 2. The van der Waals surface area contributed by atoms with Crippen LogP contribution >= 0.6 is 11.6 Å². The van der Waals surface area contributed by atoms with Gasteiger partial charge in [-0.2, -0.15) is 0 Å². The van der Waals surface area contributed by atoms with E-state index in [0.717, 1.165) is 12.0 Å². The van der Waals surface area contributed by atoms with E-state index in [0.29, 0.717) is 5.02 Å². The molecule has 0 aromatic heterocycles. The molecule has 21 heavy (non-hydrogen) atoms. The topological polar surface area (TPSA) is 74.8 Å². The molecule has 0 unspecified atom stereocenters. The van der Waals surface area contributed by atoms with Gasteiger partial charge in [-0.15, -0.1) is 0 Å². The first-order valence-electron chi connectivity index (χ1n) is 7.11. The second kappa shape index (κ2) is 8.64. The highest BCUT2D eigenvalue weighted by Crippen LogP contribution is 2.14. The smallest absolute Gasteiger partial charge is 0.321 e. The summed E-state index contributed by atoms with van der Waals surface area (Å²) in [7, 11) is 0. The molecule has 116 valence electrons. The van der Waals surface area contributed by atoms with E-state index >= 15 is 0 Å². The van der Waals surface area contributed by atoms with Crippen LogP contribution in [-0.4, -0.2) is 24.5 Å². The van der Waals surface area contributed by atoms with Crippen molar-refractivity contribution in [3.05, 3.63) is 34.9 Å². The van der Waals surface area contributed by atoms with E-state index < -0.39 is 6.03 Å². The number of imide groups is 1. The predicted octanol–water partition coefficient (Wildman–Crippen LogP) is 1.59. The number of carbonyl (C=O) groups is 2. The minimum atomic E-state index is -0.446. The molecule has 5 nitrogen and oxygen atoms in total. The molecule has 1 aromatic rings. The highest BCUT2D eigenvalue weighted by Gasteiger charge is 2.14. The first-order valence-corrected chi connectivity index (χ1v) is 7.49. The van der Waals surface area contributed by atoms with Gasteiger partial charge in [-0.25, -0.2) is 4.79 Å². The van der Waals surface area contributed by atoms with Crippen molar-refractivity contribution in [2.24, 2.45) is 0 Å². The van der Waals surface area contributed by atoms with Gasteiger partial charge < -0.3 is 10.6 Å². The van der Waals surface area contributed by atoms with E-state index in [-0.39, 0.29) is 24.5 Å². The fourth-order valence-electron chi connectivity index (χ4n) is 1.75. The Morgan fingerprint density at radius 1 is 1.33 bits per heavy atom. The summed E-state index contributed by atoms with van der Waals surface area (Å²) in [5, 5.41) is 7.53. The molecule has 0 fully saturated rings. The van der Waals surface area contributed by atoms with Crippen LogP contribution in [0.15, 0.2) is 24.3 Å². The zero-order chi connectivity index (χ0) is 15.8. The highest BCUT2D eigenvalue weighted by atomic mass is 35.5. The Morgan fingerprint density at radius 3 is 2.67 bits per heavy atom. The molecule has 0 aliphatic carbocycles. The van der Waals surface area contributed by atoms with Gasteiger partial charge in [0.05, 0.1) is 0 Å². The third kappa shape index (κ3) is 6.60. The Labute approximate surface area is 130 Å². The summed E-state index contributed by atoms with van der Waals surface area (Å²) in [4.78, 5) is 23.2. The SMILES string of the molecule is CC[C@@H](C)NC(=O)NC(=O)C[NH2+][C@@H](C)c1cccc(Cl)c1. The maximum atomic E-state index is 11.7. The molecular weight excluding hydrogens is 290 g/mol. The van der Waals surface area contributed by atoms with Gasteiger partial charge in [-0.05, 0) is 32.4 Å². The van der Waals surface area contributed by atoms with Crippen molar-refractivity contribution in [1.82, 2.24) is 10.6 Å². The second-order valence-corrected chi connectivity index (χ2v) is 5.55. The van der Waals surface area contributed by atoms with Gasteiger partial charge in [0.1, 0.15) is 6.04 Å². The third-order valence-electron chi connectivity index (χ3n) is 3.27. The number of carbonyl (C=O) groups excluding carboxylic acids is 2. The number of amides is 3. The molecule has 4 N–H and O–H groups in total. The van der Waals surface area contributed by atoms with Crippen LogP contribution in [0.1, 0.15) is 38.8 Å². The second-order valence-electron chi connectivity index (χ2n) is 5.11. The molecule has 0 bridgehead atoms. The monoisotopic (exact) mass is 312 g/mol. The molecule has 6 heteroatoms. The molecule has 3 amide bonds. The molecule has 1 rings (SSSR count). The number of hydrogen-bond acceptors (Lipinski definition) is 2. The van der Waals surface area contributed by atoms with Crippen molar-refractivity contribution in [2.45, 2.75) is 39.3 Å². The lowest BCUT2D eigenvalue weighted by Gasteiger charge is -2.13. The number of halogens is 1. The lowest BCUT2D eigenvalue weighted by molar-refractivity contribution is -0.682. The van der Waals surface area contributed by atoms with Gasteiger partial charge in [-0.3, -0.25) is 10.1 Å². The molecule has 0 heterocycles. The summed E-state index contributed by atoms with van der Waals surface area (Å²) in [6, 6.07) is 7.21. The average molecular weight is 313 g/mol. The van der Waals surface area contributed by atoms with Crippen LogP contribution in [0, 0.1) is 0 Å². The summed E-state index contributed by atoms with van der Waals surface area (Å²) in [5.41, 5.74) is 1.04. The fourth-order valence-corrected chi connectivity index (χ4v) is 1.95. The Hall–Kier alpha value is -1.59. The zero-order valence-corrected chi connectivity index (χ0v) is 13.4. The van der Waals surface area contributed by atoms with Crippen molar-refractivity contribution in [1.29, 1.82) is 0 Å². The van der Waals surface area contributed by atoms with Crippen molar-refractivity contribution in [2.75, 3.05) is 6.54 Å². The Morgan fingerprint density at radius 2 is 2.05 bits per heavy atom. The molecule has 0 aliphatic heterocycles. The molecule has 0 radical (unpaired) electrons. The van der Waals surface area contributed by atoms with E-state index in [1.54, 1.807) is 0 Å². The highest BCUT2D eigenvalue weighted by molar-refractivity contribution is 6.30. The fraction of sp³-hybridized carbons (Fsp3) is 0.467. The number of nitrogens with two attached hydrogens (primary N) is 1. The molecule has 0 saturated carbocycles. The number of urea groups is 1. The Kier molecular flexibility index (Phi) is 7.19. The molecule has 1 aromatic carbocycles. The maximum Gasteiger partial charge on any atom is 0.321 e. The zero-order valence-electron chi connectivity index (χ0n) is 12.7. The summed E-state index contributed by atoms with van der Waals surface area (Å²) >= 11 is 5.94. The van der Waals surface area contributed by atoms with Crippen molar-refractivity contribution in [3.63, 3.8) is 0 Å². The Bertz CT molecular complexity index is 494. The summed E-state index contributed by atoms with van der Waals surface area (Å²) in [6.07, 6.45) is 0.819. The average Bonchev–Trinajstić information content (AvgIpc) is 2.44. The standard InChI is InChI=1S/C15H22ClN3O2/c1-4-10(2)18-15(21)19-14(20)9-17-11(3)12-6-5-7-13(16)8-12/h5-8,10-11,17H,4,9H2,1-3H3,(H2,18,19,20,21)/p+1/t10-,11+/m1/s1. The first kappa shape index (κ1) is 17.5. The Balaban J connectivity index is 2.37. The minimum absolute atomic E-state index is 0.0483. The predicted molar refractivity (Wildman–Crippen MR) is 83.1 cm³/mol. The molecule has 2 atom stereocenters. The van der Waals surface area contributed by atoms with Gasteiger partial charge in [0.25, 0.3) is 5.91 Å². The van der Waals surface area contributed by atoms with Crippen LogP contribution in [0.3, 0.4) is 0 Å². The van der Waals surface area contributed by atoms with Crippen LogP contribution < -0.4 is 16.0 Å². The summed E-state index contributed by atoms with van der Waals surface area (Å²) in [6.45, 7) is 6.02. The van der Waals surface area contributed by atoms with E-state index in [9.17, 15) is 9.59 Å². The van der Waals surface area contributed by atoms with E-state index in [1.807, 2.05) is 50.4 Å². The van der Waals surface area contributed by atoms with Crippen LogP contribution in [0.4, 0.5) is 4.79 Å². The van der Waals surface area contributed by atoms with E-state index in [2.05, 4.69) is 10.6 Å². The van der Waals surface area contributed by atoms with Crippen molar-refractivity contribution < 1.29 is 14.9 Å².